The molecule has 5 heteroatoms. The number of aromatic nitrogens is 4. The van der Waals surface area contributed by atoms with Crippen LogP contribution >= 0.6 is 0 Å². The van der Waals surface area contributed by atoms with Gasteiger partial charge in [0.25, 0.3) is 0 Å². The van der Waals surface area contributed by atoms with Crippen LogP contribution in [0.4, 0.5) is 0 Å². The fraction of sp³-hybridized carbons (Fsp3) is 0.500. The lowest BCUT2D eigenvalue weighted by Gasteiger charge is -2.19. The smallest absolute Gasteiger partial charge is 0.140 e. The molecular formula is C12H19N5. The van der Waals surface area contributed by atoms with Crippen molar-refractivity contribution in [3.8, 4) is 11.4 Å². The summed E-state index contributed by atoms with van der Waals surface area (Å²) in [6.45, 7) is 7.22. The molecule has 0 amide bonds. The third-order valence-corrected chi connectivity index (χ3v) is 2.42. The molecule has 2 aromatic heterocycles. The van der Waals surface area contributed by atoms with E-state index in [4.69, 9.17) is 0 Å². The summed E-state index contributed by atoms with van der Waals surface area (Å²) in [5.74, 6) is 0.865. The monoisotopic (exact) mass is 233 g/mol. The molecule has 0 unspecified atom stereocenters. The molecule has 0 atom stereocenters. The van der Waals surface area contributed by atoms with Crippen molar-refractivity contribution in [1.82, 2.24) is 25.1 Å². The zero-order valence-corrected chi connectivity index (χ0v) is 10.8. The van der Waals surface area contributed by atoms with E-state index in [2.05, 4.69) is 41.2 Å². The average molecular weight is 233 g/mol. The van der Waals surface area contributed by atoms with Crippen molar-refractivity contribution in [2.45, 2.75) is 32.9 Å². The minimum absolute atomic E-state index is 0.111. The standard InChI is InChI=1S/C12H19N5/c1-12(2,3)14-7-10-6-13-11(16-10)9-5-15-17(4)8-9/h5-6,8,14H,7H2,1-4H3,(H,13,16). The first-order chi connectivity index (χ1) is 7.94. The first-order valence-electron chi connectivity index (χ1n) is 5.72. The molecule has 0 aliphatic carbocycles. The summed E-state index contributed by atoms with van der Waals surface area (Å²) in [6.07, 6.45) is 5.61. The van der Waals surface area contributed by atoms with Gasteiger partial charge in [-0.25, -0.2) is 4.98 Å². The van der Waals surface area contributed by atoms with Gasteiger partial charge in [0.2, 0.25) is 0 Å². The van der Waals surface area contributed by atoms with Gasteiger partial charge in [-0.15, -0.1) is 0 Å². The molecule has 92 valence electrons. The number of aryl methyl sites for hydroxylation is 1. The summed E-state index contributed by atoms with van der Waals surface area (Å²) in [6, 6.07) is 0. The second-order valence-electron chi connectivity index (χ2n) is 5.26. The van der Waals surface area contributed by atoms with Crippen LogP contribution in [0.25, 0.3) is 11.4 Å². The number of H-pyrrole nitrogens is 1. The van der Waals surface area contributed by atoms with Crippen molar-refractivity contribution in [3.05, 3.63) is 24.3 Å². The summed E-state index contributed by atoms with van der Waals surface area (Å²) in [4.78, 5) is 7.64. The largest absolute Gasteiger partial charge is 0.341 e. The Morgan fingerprint density at radius 3 is 2.71 bits per heavy atom. The van der Waals surface area contributed by atoms with Gasteiger partial charge in [-0.3, -0.25) is 4.68 Å². The number of imidazole rings is 1. The number of hydrogen-bond acceptors (Lipinski definition) is 3. The normalized spacial score (nSPS) is 12.0. The highest BCUT2D eigenvalue weighted by Gasteiger charge is 2.10. The fourth-order valence-electron chi connectivity index (χ4n) is 1.50. The number of nitrogens with zero attached hydrogens (tertiary/aromatic N) is 3. The van der Waals surface area contributed by atoms with Gasteiger partial charge < -0.3 is 10.3 Å². The summed E-state index contributed by atoms with van der Waals surface area (Å²) >= 11 is 0. The molecule has 2 N–H and O–H groups in total. The Morgan fingerprint density at radius 2 is 2.12 bits per heavy atom. The molecule has 0 aromatic carbocycles. The van der Waals surface area contributed by atoms with E-state index in [-0.39, 0.29) is 5.54 Å². The topological polar surface area (TPSA) is 58.5 Å². The Hall–Kier alpha value is -1.62. The Balaban J connectivity index is 2.06. The summed E-state index contributed by atoms with van der Waals surface area (Å²) < 4.78 is 1.77. The number of rotatable bonds is 3. The molecule has 0 spiro atoms. The van der Waals surface area contributed by atoms with E-state index in [9.17, 15) is 0 Å². The quantitative estimate of drug-likeness (QED) is 0.848. The molecule has 0 bridgehead atoms. The van der Waals surface area contributed by atoms with Gasteiger partial charge in [0.15, 0.2) is 0 Å². The number of nitrogens with one attached hydrogen (secondary N) is 2. The van der Waals surface area contributed by atoms with Gasteiger partial charge >= 0.3 is 0 Å². The van der Waals surface area contributed by atoms with Crippen LogP contribution in [-0.2, 0) is 13.6 Å². The maximum absolute atomic E-state index is 4.35. The Morgan fingerprint density at radius 1 is 1.35 bits per heavy atom. The van der Waals surface area contributed by atoms with Gasteiger partial charge in [0, 0.05) is 37.2 Å². The van der Waals surface area contributed by atoms with Gasteiger partial charge in [0.1, 0.15) is 5.82 Å². The highest BCUT2D eigenvalue weighted by Crippen LogP contribution is 2.14. The molecule has 0 fully saturated rings. The van der Waals surface area contributed by atoms with Crippen LogP contribution in [0.15, 0.2) is 18.6 Å². The highest BCUT2D eigenvalue weighted by molar-refractivity contribution is 5.52. The highest BCUT2D eigenvalue weighted by atomic mass is 15.2. The van der Waals surface area contributed by atoms with Crippen LogP contribution in [0, 0.1) is 0 Å². The molecular weight excluding hydrogens is 214 g/mol. The summed E-state index contributed by atoms with van der Waals surface area (Å²) in [5.41, 5.74) is 2.20. The third-order valence-electron chi connectivity index (χ3n) is 2.42. The first-order valence-corrected chi connectivity index (χ1v) is 5.72. The van der Waals surface area contributed by atoms with Crippen molar-refractivity contribution < 1.29 is 0 Å². The SMILES string of the molecule is Cn1cc(-c2ncc(CNC(C)(C)C)[nH]2)cn1. The lowest BCUT2D eigenvalue weighted by molar-refractivity contribution is 0.422. The van der Waals surface area contributed by atoms with E-state index in [1.807, 2.05) is 19.4 Å². The van der Waals surface area contributed by atoms with Crippen LogP contribution in [0.3, 0.4) is 0 Å². The van der Waals surface area contributed by atoms with Crippen molar-refractivity contribution in [2.24, 2.45) is 7.05 Å². The van der Waals surface area contributed by atoms with Gasteiger partial charge in [-0.05, 0) is 20.8 Å². The van der Waals surface area contributed by atoms with Crippen molar-refractivity contribution in [1.29, 1.82) is 0 Å². The summed E-state index contributed by atoms with van der Waals surface area (Å²) in [5, 5.41) is 7.54. The maximum atomic E-state index is 4.35. The molecule has 0 aliphatic rings. The van der Waals surface area contributed by atoms with Crippen LogP contribution in [-0.4, -0.2) is 25.3 Å². The van der Waals surface area contributed by atoms with Crippen LogP contribution in [0.5, 0.6) is 0 Å². The molecule has 2 heterocycles. The predicted octanol–water partition coefficient (Wildman–Crippen LogP) is 1.70. The van der Waals surface area contributed by atoms with E-state index in [0.29, 0.717) is 0 Å². The van der Waals surface area contributed by atoms with Crippen molar-refractivity contribution in [2.75, 3.05) is 0 Å². The minimum atomic E-state index is 0.111. The fourth-order valence-corrected chi connectivity index (χ4v) is 1.50. The lowest BCUT2D eigenvalue weighted by atomic mass is 10.1. The van der Waals surface area contributed by atoms with E-state index in [1.54, 1.807) is 10.9 Å². The molecule has 0 saturated heterocycles. The van der Waals surface area contributed by atoms with E-state index < -0.39 is 0 Å². The number of aromatic amines is 1. The van der Waals surface area contributed by atoms with Crippen molar-refractivity contribution in [3.63, 3.8) is 0 Å². The van der Waals surface area contributed by atoms with Crippen LogP contribution < -0.4 is 5.32 Å². The van der Waals surface area contributed by atoms with Gasteiger partial charge in [-0.2, -0.15) is 5.10 Å². The molecule has 2 aromatic rings. The summed E-state index contributed by atoms with van der Waals surface area (Å²) in [7, 11) is 1.90. The van der Waals surface area contributed by atoms with Crippen LogP contribution in [0.2, 0.25) is 0 Å². The van der Waals surface area contributed by atoms with E-state index in [0.717, 1.165) is 23.6 Å². The number of hydrogen-bond donors (Lipinski definition) is 2. The second kappa shape index (κ2) is 4.33. The van der Waals surface area contributed by atoms with Gasteiger partial charge in [0.05, 0.1) is 11.8 Å². The second-order valence-corrected chi connectivity index (χ2v) is 5.26. The zero-order valence-electron chi connectivity index (χ0n) is 10.8. The molecule has 0 saturated carbocycles. The molecule has 2 rings (SSSR count). The first kappa shape index (κ1) is 11.9. The van der Waals surface area contributed by atoms with Crippen molar-refractivity contribution >= 4 is 0 Å². The molecule has 0 aliphatic heterocycles. The predicted molar refractivity (Wildman–Crippen MR) is 67.4 cm³/mol. The molecule has 5 nitrogen and oxygen atoms in total. The lowest BCUT2D eigenvalue weighted by Crippen LogP contribution is -2.35. The Labute approximate surface area is 101 Å². The maximum Gasteiger partial charge on any atom is 0.140 e. The van der Waals surface area contributed by atoms with Crippen LogP contribution in [0.1, 0.15) is 26.5 Å². The third kappa shape index (κ3) is 3.17. The minimum Gasteiger partial charge on any atom is -0.341 e. The van der Waals surface area contributed by atoms with Gasteiger partial charge in [-0.1, -0.05) is 0 Å². The molecule has 17 heavy (non-hydrogen) atoms. The van der Waals surface area contributed by atoms with E-state index >= 15 is 0 Å². The Bertz CT molecular complexity index is 489. The zero-order chi connectivity index (χ0) is 12.5. The Kier molecular flexibility index (Phi) is 3.02. The average Bonchev–Trinajstić information content (AvgIpc) is 2.81. The van der Waals surface area contributed by atoms with E-state index in [1.165, 1.54) is 0 Å². The molecule has 0 radical (unpaired) electrons.